The van der Waals surface area contributed by atoms with E-state index < -0.39 is 0 Å². The highest BCUT2D eigenvalue weighted by Crippen LogP contribution is 2.21. The first kappa shape index (κ1) is 13.0. The minimum Gasteiger partial charge on any atom is -0.294 e. The third-order valence-corrected chi connectivity index (χ3v) is 3.62. The Kier molecular flexibility index (Phi) is 3.63. The molecular formula is C12H11ClN2O2S. The van der Waals surface area contributed by atoms with Gasteiger partial charge in [-0.05, 0) is 13.0 Å². The van der Waals surface area contributed by atoms with Gasteiger partial charge in [-0.1, -0.05) is 11.6 Å². The average Bonchev–Trinajstić information content (AvgIpc) is 2.84. The monoisotopic (exact) mass is 282 g/mol. The van der Waals surface area contributed by atoms with Crippen molar-refractivity contribution in [2.24, 2.45) is 7.05 Å². The third-order valence-electron chi connectivity index (χ3n) is 2.52. The molecule has 4 nitrogen and oxygen atoms in total. The number of hydrogen-bond donors (Lipinski definition) is 0. The Hall–Kier alpha value is -1.46. The van der Waals surface area contributed by atoms with Gasteiger partial charge >= 0.3 is 0 Å². The van der Waals surface area contributed by atoms with Gasteiger partial charge in [0, 0.05) is 24.2 Å². The van der Waals surface area contributed by atoms with E-state index in [2.05, 4.69) is 5.10 Å². The van der Waals surface area contributed by atoms with E-state index in [0.29, 0.717) is 21.2 Å². The molecule has 0 saturated heterocycles. The molecule has 0 radical (unpaired) electrons. The fourth-order valence-corrected chi connectivity index (χ4v) is 2.56. The van der Waals surface area contributed by atoms with Gasteiger partial charge in [-0.15, -0.1) is 11.3 Å². The van der Waals surface area contributed by atoms with Crippen LogP contribution in [0, 0.1) is 6.92 Å². The molecule has 0 amide bonds. The van der Waals surface area contributed by atoms with Gasteiger partial charge in [-0.25, -0.2) is 0 Å². The average molecular weight is 283 g/mol. The second-order valence-electron chi connectivity index (χ2n) is 3.96. The number of carbonyl (C=O) groups is 2. The van der Waals surface area contributed by atoms with Crippen molar-refractivity contribution in [2.45, 2.75) is 13.3 Å². The quantitative estimate of drug-likeness (QED) is 0.640. The molecule has 2 heterocycles. The van der Waals surface area contributed by atoms with Crippen LogP contribution in [0.2, 0.25) is 4.34 Å². The highest BCUT2D eigenvalue weighted by molar-refractivity contribution is 7.14. The number of thiophene rings is 1. The van der Waals surface area contributed by atoms with Crippen molar-refractivity contribution >= 4 is 34.5 Å². The van der Waals surface area contributed by atoms with Crippen molar-refractivity contribution in [3.63, 3.8) is 0 Å². The van der Waals surface area contributed by atoms with Crippen molar-refractivity contribution in [3.8, 4) is 0 Å². The maximum absolute atomic E-state index is 12.0. The van der Waals surface area contributed by atoms with E-state index >= 15 is 0 Å². The van der Waals surface area contributed by atoms with Crippen LogP contribution in [0.1, 0.15) is 32.8 Å². The second kappa shape index (κ2) is 5.04. The maximum atomic E-state index is 12.0. The summed E-state index contributed by atoms with van der Waals surface area (Å²) in [5, 5.41) is 5.74. The van der Waals surface area contributed by atoms with Crippen molar-refractivity contribution in [3.05, 3.63) is 38.8 Å². The molecule has 0 unspecified atom stereocenters. The van der Waals surface area contributed by atoms with Crippen LogP contribution in [0.15, 0.2) is 17.6 Å². The minimum absolute atomic E-state index is 0.153. The lowest BCUT2D eigenvalue weighted by Gasteiger charge is -1.97. The van der Waals surface area contributed by atoms with Crippen molar-refractivity contribution < 1.29 is 9.59 Å². The number of nitrogens with zero attached hydrogens (tertiary/aromatic N) is 2. The minimum atomic E-state index is -0.216. The van der Waals surface area contributed by atoms with Crippen molar-refractivity contribution in [2.75, 3.05) is 0 Å². The predicted octanol–water partition coefficient (Wildman–Crippen LogP) is 2.90. The Morgan fingerprint density at radius 2 is 2.17 bits per heavy atom. The highest BCUT2D eigenvalue weighted by Gasteiger charge is 2.18. The summed E-state index contributed by atoms with van der Waals surface area (Å²) in [6.07, 6.45) is 1.48. The molecule has 0 spiro atoms. The smallest absolute Gasteiger partial charge is 0.174 e. The third kappa shape index (κ3) is 2.68. The maximum Gasteiger partial charge on any atom is 0.174 e. The highest BCUT2D eigenvalue weighted by atomic mass is 35.5. The molecule has 0 aliphatic rings. The van der Waals surface area contributed by atoms with E-state index in [1.54, 1.807) is 36.3 Å². The van der Waals surface area contributed by atoms with Gasteiger partial charge in [0.25, 0.3) is 0 Å². The normalized spacial score (nSPS) is 10.6. The van der Waals surface area contributed by atoms with E-state index in [-0.39, 0.29) is 18.0 Å². The number of carbonyl (C=O) groups excluding carboxylic acids is 2. The molecule has 0 bridgehead atoms. The standard InChI is InChI=1S/C12H11ClN2O2S/c1-7-9(5-15(2)14-7)11(17)4-10(16)8-3-12(13)18-6-8/h3,5-6H,4H2,1-2H3. The summed E-state index contributed by atoms with van der Waals surface area (Å²) in [5.74, 6) is -0.431. The number of aryl methyl sites for hydroxylation is 2. The zero-order valence-corrected chi connectivity index (χ0v) is 11.5. The zero-order chi connectivity index (χ0) is 13.3. The Bertz CT molecular complexity index is 615. The van der Waals surface area contributed by atoms with Gasteiger partial charge in [0.05, 0.1) is 22.0 Å². The molecular weight excluding hydrogens is 272 g/mol. The molecule has 0 aliphatic carbocycles. The van der Waals surface area contributed by atoms with E-state index in [1.165, 1.54) is 11.3 Å². The molecule has 0 saturated carbocycles. The van der Waals surface area contributed by atoms with Crippen LogP contribution in [-0.2, 0) is 7.05 Å². The van der Waals surface area contributed by atoms with Crippen LogP contribution in [0.4, 0.5) is 0 Å². The first-order chi connectivity index (χ1) is 8.47. The molecule has 0 aromatic carbocycles. The lowest BCUT2D eigenvalue weighted by Crippen LogP contribution is -2.08. The molecule has 0 N–H and O–H groups in total. The number of hydrogen-bond acceptors (Lipinski definition) is 4. The number of rotatable bonds is 4. The Labute approximate surface area is 113 Å². The lowest BCUT2D eigenvalue weighted by atomic mass is 10.0. The number of ketones is 2. The summed E-state index contributed by atoms with van der Waals surface area (Å²) in [7, 11) is 1.74. The number of halogens is 1. The molecule has 2 aromatic heterocycles. The summed E-state index contributed by atoms with van der Waals surface area (Å²) < 4.78 is 2.11. The lowest BCUT2D eigenvalue weighted by molar-refractivity contribution is 0.0894. The van der Waals surface area contributed by atoms with Crippen LogP contribution in [0.3, 0.4) is 0 Å². The summed E-state index contributed by atoms with van der Waals surface area (Å²) in [6.45, 7) is 1.75. The van der Waals surface area contributed by atoms with Crippen molar-refractivity contribution in [1.82, 2.24) is 9.78 Å². The van der Waals surface area contributed by atoms with E-state index in [9.17, 15) is 9.59 Å². The Balaban J connectivity index is 2.13. The molecule has 2 rings (SSSR count). The Morgan fingerprint density at radius 3 is 2.67 bits per heavy atom. The van der Waals surface area contributed by atoms with E-state index in [1.807, 2.05) is 0 Å². The molecule has 94 valence electrons. The van der Waals surface area contributed by atoms with Crippen LogP contribution >= 0.6 is 22.9 Å². The molecule has 2 aromatic rings. The molecule has 0 aliphatic heterocycles. The molecule has 6 heteroatoms. The topological polar surface area (TPSA) is 52.0 Å². The fourth-order valence-electron chi connectivity index (χ4n) is 1.67. The molecule has 0 atom stereocenters. The van der Waals surface area contributed by atoms with Gasteiger partial charge < -0.3 is 0 Å². The Morgan fingerprint density at radius 1 is 1.44 bits per heavy atom. The number of Topliss-reactive ketones (excluding diaryl/α,β-unsaturated/α-hetero) is 2. The van der Waals surface area contributed by atoms with Gasteiger partial charge in [0.1, 0.15) is 0 Å². The first-order valence-corrected chi connectivity index (χ1v) is 6.54. The fraction of sp³-hybridized carbons (Fsp3) is 0.250. The summed E-state index contributed by atoms with van der Waals surface area (Å²) in [5.41, 5.74) is 1.62. The van der Waals surface area contributed by atoms with Gasteiger partial charge in [0.2, 0.25) is 0 Å². The van der Waals surface area contributed by atoms with E-state index in [0.717, 1.165) is 0 Å². The zero-order valence-electron chi connectivity index (χ0n) is 9.94. The van der Waals surface area contributed by atoms with Crippen LogP contribution in [0.5, 0.6) is 0 Å². The SMILES string of the molecule is Cc1nn(C)cc1C(=O)CC(=O)c1csc(Cl)c1. The number of aromatic nitrogens is 2. The summed E-state index contributed by atoms with van der Waals surface area (Å²) in [4.78, 5) is 23.8. The van der Waals surface area contributed by atoms with Gasteiger partial charge in [-0.2, -0.15) is 5.10 Å². The van der Waals surface area contributed by atoms with Crippen LogP contribution in [0.25, 0.3) is 0 Å². The van der Waals surface area contributed by atoms with Gasteiger partial charge in [-0.3, -0.25) is 14.3 Å². The summed E-state index contributed by atoms with van der Waals surface area (Å²) in [6, 6.07) is 1.58. The van der Waals surface area contributed by atoms with Crippen LogP contribution in [-0.4, -0.2) is 21.3 Å². The predicted molar refractivity (Wildman–Crippen MR) is 70.6 cm³/mol. The molecule has 18 heavy (non-hydrogen) atoms. The van der Waals surface area contributed by atoms with E-state index in [4.69, 9.17) is 11.6 Å². The van der Waals surface area contributed by atoms with Crippen LogP contribution < -0.4 is 0 Å². The second-order valence-corrected chi connectivity index (χ2v) is 5.51. The van der Waals surface area contributed by atoms with Crippen molar-refractivity contribution in [1.29, 1.82) is 0 Å². The van der Waals surface area contributed by atoms with Gasteiger partial charge in [0.15, 0.2) is 11.6 Å². The summed E-state index contributed by atoms with van der Waals surface area (Å²) >= 11 is 7.03. The molecule has 0 fully saturated rings. The largest absolute Gasteiger partial charge is 0.294 e. The first-order valence-electron chi connectivity index (χ1n) is 5.28.